The van der Waals surface area contributed by atoms with Crippen LogP contribution in [-0.2, 0) is 13.6 Å². The fourth-order valence-electron chi connectivity index (χ4n) is 4.16. The molecule has 3 heterocycles. The molecule has 0 unspecified atom stereocenters. The van der Waals surface area contributed by atoms with E-state index in [4.69, 9.17) is 0 Å². The summed E-state index contributed by atoms with van der Waals surface area (Å²) in [5.41, 5.74) is 6.84. The van der Waals surface area contributed by atoms with E-state index in [2.05, 4.69) is 68.0 Å². The summed E-state index contributed by atoms with van der Waals surface area (Å²) in [4.78, 5) is 2.54. The van der Waals surface area contributed by atoms with E-state index in [1.807, 2.05) is 31.6 Å². The highest BCUT2D eigenvalue weighted by Crippen LogP contribution is 2.27. The summed E-state index contributed by atoms with van der Waals surface area (Å²) in [6.45, 7) is 5.52. The van der Waals surface area contributed by atoms with Gasteiger partial charge in [-0.1, -0.05) is 30.3 Å². The quantitative estimate of drug-likeness (QED) is 0.521. The molecule has 2 aromatic carbocycles. The Kier molecular flexibility index (Phi) is 5.65. The van der Waals surface area contributed by atoms with Gasteiger partial charge in [0, 0.05) is 43.8 Å². The van der Waals surface area contributed by atoms with Gasteiger partial charge in [0.05, 0.1) is 17.4 Å². The number of hydrogen-bond acceptors (Lipinski definition) is 4. The second-order valence-electron chi connectivity index (χ2n) is 8.23. The highest BCUT2D eigenvalue weighted by molar-refractivity contribution is 5.92. The topological polar surface area (TPSA) is 61.8 Å². The number of nitrogens with zero attached hydrogens (tertiary/aromatic N) is 4. The number of nitrogens with one attached hydrogen (secondary N) is 2. The molecule has 4 aromatic rings. The van der Waals surface area contributed by atoms with Crippen molar-refractivity contribution in [3.8, 4) is 11.1 Å². The Bertz CT molecular complexity index is 1180. The van der Waals surface area contributed by atoms with Crippen molar-refractivity contribution in [1.29, 1.82) is 0 Å². The van der Waals surface area contributed by atoms with Crippen molar-refractivity contribution in [2.24, 2.45) is 7.05 Å². The summed E-state index contributed by atoms with van der Waals surface area (Å²) >= 11 is 0. The minimum Gasteiger partial charge on any atom is -0.315 e. The molecule has 1 aliphatic rings. The molecule has 6 heteroatoms. The third-order valence-electron chi connectivity index (χ3n) is 5.88. The summed E-state index contributed by atoms with van der Waals surface area (Å²) in [5, 5.41) is 16.4. The van der Waals surface area contributed by atoms with Gasteiger partial charge in [-0.05, 0) is 60.5 Å². The number of hydrogen-bond donors (Lipinski definition) is 2. The largest absolute Gasteiger partial charge is 0.315 e. The molecule has 2 aromatic heterocycles. The number of aromatic nitrogens is 4. The molecule has 0 aliphatic carbocycles. The average Bonchev–Trinajstić information content (AvgIpc) is 3.30. The van der Waals surface area contributed by atoms with E-state index < -0.39 is 0 Å². The fourth-order valence-corrected chi connectivity index (χ4v) is 4.16. The Morgan fingerprint density at radius 1 is 1.00 bits per heavy atom. The van der Waals surface area contributed by atoms with Gasteiger partial charge in [-0.3, -0.25) is 14.7 Å². The Morgan fingerprint density at radius 3 is 2.71 bits per heavy atom. The van der Waals surface area contributed by atoms with Crippen LogP contribution in [0, 0.1) is 0 Å². The number of benzene rings is 2. The number of aromatic amines is 1. The van der Waals surface area contributed by atoms with Crippen molar-refractivity contribution in [2.45, 2.75) is 13.0 Å². The normalized spacial score (nSPS) is 15.6. The zero-order valence-corrected chi connectivity index (χ0v) is 17.9. The number of fused-ring (bicyclic) bond motifs is 1. The van der Waals surface area contributed by atoms with Crippen LogP contribution in [0.2, 0.25) is 0 Å². The van der Waals surface area contributed by atoms with Crippen LogP contribution < -0.4 is 5.32 Å². The van der Waals surface area contributed by atoms with Gasteiger partial charge in [0.25, 0.3) is 0 Å². The Hall–Kier alpha value is -3.22. The summed E-state index contributed by atoms with van der Waals surface area (Å²) in [5.74, 6) is 0. The van der Waals surface area contributed by atoms with Gasteiger partial charge in [0.15, 0.2) is 0 Å². The average molecular weight is 413 g/mol. The van der Waals surface area contributed by atoms with Crippen LogP contribution in [0.25, 0.3) is 34.2 Å². The van der Waals surface area contributed by atoms with Crippen LogP contribution in [0.5, 0.6) is 0 Å². The molecular weight excluding hydrogens is 384 g/mol. The monoisotopic (exact) mass is 412 g/mol. The maximum Gasteiger partial charge on any atom is 0.0927 e. The molecular formula is C25H28N6. The first-order valence-electron chi connectivity index (χ1n) is 10.9. The van der Waals surface area contributed by atoms with Crippen LogP contribution in [0.15, 0.2) is 54.9 Å². The minimum atomic E-state index is 0.937. The van der Waals surface area contributed by atoms with E-state index >= 15 is 0 Å². The highest BCUT2D eigenvalue weighted by atomic mass is 15.2. The maximum atomic E-state index is 4.49. The molecule has 0 saturated carbocycles. The van der Waals surface area contributed by atoms with Gasteiger partial charge in [-0.25, -0.2) is 0 Å². The molecule has 1 aliphatic heterocycles. The zero-order valence-electron chi connectivity index (χ0n) is 17.9. The molecule has 31 heavy (non-hydrogen) atoms. The van der Waals surface area contributed by atoms with E-state index in [0.29, 0.717) is 0 Å². The molecule has 1 saturated heterocycles. The van der Waals surface area contributed by atoms with Crippen LogP contribution in [0.1, 0.15) is 23.2 Å². The van der Waals surface area contributed by atoms with Gasteiger partial charge in [-0.2, -0.15) is 10.2 Å². The molecule has 158 valence electrons. The third-order valence-corrected chi connectivity index (χ3v) is 5.88. The number of H-pyrrole nitrogens is 1. The summed E-state index contributed by atoms with van der Waals surface area (Å²) in [6.07, 6.45) is 9.14. The van der Waals surface area contributed by atoms with E-state index in [0.717, 1.165) is 48.3 Å². The lowest BCUT2D eigenvalue weighted by atomic mass is 10.0. The molecule has 0 atom stereocenters. The van der Waals surface area contributed by atoms with Crippen molar-refractivity contribution in [1.82, 2.24) is 30.2 Å². The molecule has 2 N–H and O–H groups in total. The second kappa shape index (κ2) is 8.88. The van der Waals surface area contributed by atoms with Crippen LogP contribution >= 0.6 is 0 Å². The summed E-state index contributed by atoms with van der Waals surface area (Å²) in [6, 6.07) is 15.5. The van der Waals surface area contributed by atoms with Gasteiger partial charge in [0.1, 0.15) is 0 Å². The molecule has 0 bridgehead atoms. The van der Waals surface area contributed by atoms with E-state index in [1.54, 1.807) is 4.68 Å². The molecule has 1 fully saturated rings. The van der Waals surface area contributed by atoms with Gasteiger partial charge < -0.3 is 5.32 Å². The standard InChI is InChI=1S/C25H28N6/c1-30-17-20(16-27-30)5-9-24-23-15-22(8-10-25(23)29-28-24)21-6-3-19(4-7-21)18-31-13-2-11-26-12-14-31/h3-10,15-17,26H,2,11-14,18H2,1H3,(H,28,29)/b9-5+. The number of aryl methyl sites for hydroxylation is 1. The Balaban J connectivity index is 1.35. The Labute approximate surface area is 182 Å². The van der Waals surface area contributed by atoms with Crippen molar-refractivity contribution in [2.75, 3.05) is 26.2 Å². The predicted octanol–water partition coefficient (Wildman–Crippen LogP) is 3.93. The van der Waals surface area contributed by atoms with Gasteiger partial charge >= 0.3 is 0 Å². The zero-order chi connectivity index (χ0) is 21.0. The van der Waals surface area contributed by atoms with E-state index in [-0.39, 0.29) is 0 Å². The van der Waals surface area contributed by atoms with E-state index in [1.165, 1.54) is 29.7 Å². The smallest absolute Gasteiger partial charge is 0.0927 e. The van der Waals surface area contributed by atoms with Crippen molar-refractivity contribution < 1.29 is 0 Å². The van der Waals surface area contributed by atoms with E-state index in [9.17, 15) is 0 Å². The van der Waals surface area contributed by atoms with Crippen LogP contribution in [0.4, 0.5) is 0 Å². The lowest BCUT2D eigenvalue weighted by Crippen LogP contribution is -2.27. The molecule has 0 radical (unpaired) electrons. The lowest BCUT2D eigenvalue weighted by molar-refractivity contribution is 0.284. The van der Waals surface area contributed by atoms with Crippen molar-refractivity contribution >= 4 is 23.1 Å². The van der Waals surface area contributed by atoms with Crippen molar-refractivity contribution in [3.63, 3.8) is 0 Å². The van der Waals surface area contributed by atoms with Crippen LogP contribution in [-0.4, -0.2) is 51.1 Å². The highest BCUT2D eigenvalue weighted by Gasteiger charge is 2.10. The Morgan fingerprint density at radius 2 is 1.87 bits per heavy atom. The predicted molar refractivity (Wildman–Crippen MR) is 126 cm³/mol. The van der Waals surface area contributed by atoms with Gasteiger partial charge in [-0.15, -0.1) is 0 Å². The van der Waals surface area contributed by atoms with Gasteiger partial charge in [0.2, 0.25) is 0 Å². The molecule has 5 rings (SSSR count). The molecule has 0 spiro atoms. The van der Waals surface area contributed by atoms with Crippen molar-refractivity contribution in [3.05, 3.63) is 71.7 Å². The SMILES string of the molecule is Cn1cc(/C=C/c2n[nH]c3ccc(-c4ccc(CN5CCCNCC5)cc4)cc23)cn1. The first kappa shape index (κ1) is 19.7. The number of rotatable bonds is 5. The first-order chi connectivity index (χ1) is 15.2. The summed E-state index contributed by atoms with van der Waals surface area (Å²) in [7, 11) is 1.92. The third kappa shape index (κ3) is 4.60. The molecule has 6 nitrogen and oxygen atoms in total. The summed E-state index contributed by atoms with van der Waals surface area (Å²) < 4.78 is 1.80. The second-order valence-corrected chi connectivity index (χ2v) is 8.23. The maximum absolute atomic E-state index is 4.49. The van der Waals surface area contributed by atoms with Crippen LogP contribution in [0.3, 0.4) is 0 Å². The first-order valence-corrected chi connectivity index (χ1v) is 10.9. The minimum absolute atomic E-state index is 0.937. The fraction of sp³-hybridized carbons (Fsp3) is 0.280. The lowest BCUT2D eigenvalue weighted by Gasteiger charge is -2.19. The molecule has 0 amide bonds.